The zero-order valence-corrected chi connectivity index (χ0v) is 9.93. The third kappa shape index (κ3) is 1.16. The van der Waals surface area contributed by atoms with Gasteiger partial charge in [-0.05, 0) is 37.0 Å². The molecule has 0 radical (unpaired) electrons. The Kier molecular flexibility index (Phi) is 1.87. The minimum Gasteiger partial charge on any atom is -0.323 e. The molecule has 1 aliphatic carbocycles. The molecule has 2 heterocycles. The van der Waals surface area contributed by atoms with Gasteiger partial charge < -0.3 is 4.98 Å². The number of fused-ring (bicyclic) bond motifs is 3. The predicted octanol–water partition coefficient (Wildman–Crippen LogP) is 2.15. The Morgan fingerprint density at radius 2 is 2.27 bits per heavy atom. The molecule has 2 aromatic rings. The van der Waals surface area contributed by atoms with Crippen molar-refractivity contribution >= 4 is 33.8 Å². The monoisotopic (exact) mass is 238 g/mol. The second-order valence-corrected chi connectivity index (χ2v) is 5.35. The van der Waals surface area contributed by atoms with E-state index >= 15 is 0 Å². The summed E-state index contributed by atoms with van der Waals surface area (Å²) in [7, 11) is 1.72. The number of hydrogen-bond donors (Lipinski definition) is 1. The summed E-state index contributed by atoms with van der Waals surface area (Å²) in [5.41, 5.74) is 1.30. The molecule has 0 saturated carbocycles. The lowest BCUT2D eigenvalue weighted by atomic mass is 10.2. The first-order valence-electron chi connectivity index (χ1n) is 4.92. The van der Waals surface area contributed by atoms with Crippen molar-refractivity contribution in [3.63, 3.8) is 0 Å². The Morgan fingerprint density at radius 1 is 1.47 bits per heavy atom. The van der Waals surface area contributed by atoms with Crippen LogP contribution in [-0.4, -0.2) is 9.55 Å². The third-order valence-electron chi connectivity index (χ3n) is 2.96. The van der Waals surface area contributed by atoms with Crippen molar-refractivity contribution in [1.82, 2.24) is 9.55 Å². The molecule has 1 N–H and O–H groups in total. The van der Waals surface area contributed by atoms with Crippen LogP contribution in [-0.2, 0) is 19.9 Å². The molecule has 5 heteroatoms. The van der Waals surface area contributed by atoms with Gasteiger partial charge in [-0.1, -0.05) is 0 Å². The lowest BCUT2D eigenvalue weighted by Gasteiger charge is -1.99. The van der Waals surface area contributed by atoms with Gasteiger partial charge in [0.25, 0.3) is 5.56 Å². The highest BCUT2D eigenvalue weighted by atomic mass is 32.1. The quantitative estimate of drug-likeness (QED) is 0.714. The van der Waals surface area contributed by atoms with Crippen LogP contribution in [0, 0.1) is 4.77 Å². The van der Waals surface area contributed by atoms with Gasteiger partial charge in [0.15, 0.2) is 4.77 Å². The van der Waals surface area contributed by atoms with Crippen molar-refractivity contribution in [2.45, 2.75) is 19.3 Å². The summed E-state index contributed by atoms with van der Waals surface area (Å²) < 4.78 is 2.02. The van der Waals surface area contributed by atoms with Crippen molar-refractivity contribution < 1.29 is 0 Å². The van der Waals surface area contributed by atoms with E-state index in [0.717, 1.165) is 23.1 Å². The highest BCUT2D eigenvalue weighted by molar-refractivity contribution is 7.71. The van der Waals surface area contributed by atoms with Crippen LogP contribution in [0.15, 0.2) is 4.79 Å². The first kappa shape index (κ1) is 9.30. The molecular weight excluding hydrogens is 228 g/mol. The number of aromatic amines is 1. The van der Waals surface area contributed by atoms with Crippen LogP contribution in [0.1, 0.15) is 16.9 Å². The van der Waals surface area contributed by atoms with Gasteiger partial charge in [0, 0.05) is 11.9 Å². The van der Waals surface area contributed by atoms with Gasteiger partial charge >= 0.3 is 0 Å². The SMILES string of the molecule is Cn1c(=S)[nH]c2sc3c(c2c1=O)CCC3. The minimum absolute atomic E-state index is 0.0492. The number of thiophene rings is 1. The van der Waals surface area contributed by atoms with Gasteiger partial charge in [0.1, 0.15) is 4.83 Å². The van der Waals surface area contributed by atoms with E-state index in [1.165, 1.54) is 21.4 Å². The van der Waals surface area contributed by atoms with E-state index in [0.29, 0.717) is 4.77 Å². The summed E-state index contributed by atoms with van der Waals surface area (Å²) in [6.07, 6.45) is 3.32. The number of aryl methyl sites for hydroxylation is 2. The number of hydrogen-bond acceptors (Lipinski definition) is 3. The van der Waals surface area contributed by atoms with Crippen molar-refractivity contribution in [3.8, 4) is 0 Å². The van der Waals surface area contributed by atoms with E-state index in [9.17, 15) is 4.79 Å². The Morgan fingerprint density at radius 3 is 3.07 bits per heavy atom. The Hall–Kier alpha value is -0.940. The molecule has 2 aromatic heterocycles. The summed E-state index contributed by atoms with van der Waals surface area (Å²) in [4.78, 5) is 17.5. The van der Waals surface area contributed by atoms with Gasteiger partial charge in [-0.3, -0.25) is 9.36 Å². The molecule has 0 spiro atoms. The number of rotatable bonds is 0. The summed E-state index contributed by atoms with van der Waals surface area (Å²) in [6, 6.07) is 0. The van der Waals surface area contributed by atoms with E-state index in [2.05, 4.69) is 4.98 Å². The maximum absolute atomic E-state index is 12.1. The molecule has 3 nitrogen and oxygen atoms in total. The molecule has 0 unspecified atom stereocenters. The first-order chi connectivity index (χ1) is 7.18. The topological polar surface area (TPSA) is 37.8 Å². The first-order valence-corrected chi connectivity index (χ1v) is 6.14. The minimum atomic E-state index is 0.0492. The second kappa shape index (κ2) is 3.02. The van der Waals surface area contributed by atoms with E-state index in [1.54, 1.807) is 18.4 Å². The predicted molar refractivity (Wildman–Crippen MR) is 64.3 cm³/mol. The van der Waals surface area contributed by atoms with Crippen LogP contribution in [0.3, 0.4) is 0 Å². The number of aromatic nitrogens is 2. The normalized spacial score (nSPS) is 14.7. The molecule has 15 heavy (non-hydrogen) atoms. The third-order valence-corrected chi connectivity index (χ3v) is 4.55. The average Bonchev–Trinajstić information content (AvgIpc) is 2.73. The average molecular weight is 238 g/mol. The maximum atomic E-state index is 12.1. The molecular formula is C10H10N2OS2. The summed E-state index contributed by atoms with van der Waals surface area (Å²) >= 11 is 6.78. The van der Waals surface area contributed by atoms with E-state index in [1.807, 2.05) is 0 Å². The molecule has 0 aliphatic heterocycles. The van der Waals surface area contributed by atoms with Gasteiger partial charge in [-0.25, -0.2) is 0 Å². The van der Waals surface area contributed by atoms with Crippen LogP contribution < -0.4 is 5.56 Å². The Bertz CT molecular complexity index is 662. The Balaban J connectivity index is 2.57. The highest BCUT2D eigenvalue weighted by Gasteiger charge is 2.20. The number of nitrogens with one attached hydrogen (secondary N) is 1. The zero-order chi connectivity index (χ0) is 10.6. The molecule has 0 aromatic carbocycles. The van der Waals surface area contributed by atoms with Crippen LogP contribution in [0.2, 0.25) is 0 Å². The lowest BCUT2D eigenvalue weighted by molar-refractivity contribution is 0.823. The standard InChI is InChI=1S/C10H10N2OS2/c1-12-9(13)7-5-3-2-4-6(5)15-8(7)11-10(12)14/h2-4H2,1H3,(H,11,14). The van der Waals surface area contributed by atoms with Crippen LogP contribution >= 0.6 is 23.6 Å². The van der Waals surface area contributed by atoms with E-state index in [4.69, 9.17) is 12.2 Å². The number of nitrogens with zero attached hydrogens (tertiary/aromatic N) is 1. The second-order valence-electron chi connectivity index (χ2n) is 3.86. The van der Waals surface area contributed by atoms with Gasteiger partial charge in [0.05, 0.1) is 5.39 Å². The van der Waals surface area contributed by atoms with E-state index in [-0.39, 0.29) is 5.56 Å². The lowest BCUT2D eigenvalue weighted by Crippen LogP contribution is -2.18. The molecule has 0 fully saturated rings. The Labute approximate surface area is 95.4 Å². The molecule has 1 aliphatic rings. The van der Waals surface area contributed by atoms with Crippen molar-refractivity contribution in [2.24, 2.45) is 7.05 Å². The highest BCUT2D eigenvalue weighted by Crippen LogP contribution is 2.34. The molecule has 0 amide bonds. The fourth-order valence-corrected chi connectivity index (χ4v) is 3.69. The van der Waals surface area contributed by atoms with Crippen molar-refractivity contribution in [2.75, 3.05) is 0 Å². The van der Waals surface area contributed by atoms with Gasteiger partial charge in [-0.2, -0.15) is 0 Å². The largest absolute Gasteiger partial charge is 0.323 e. The summed E-state index contributed by atoms with van der Waals surface area (Å²) in [5, 5.41) is 0.864. The fraction of sp³-hybridized carbons (Fsp3) is 0.400. The fourth-order valence-electron chi connectivity index (χ4n) is 2.16. The zero-order valence-electron chi connectivity index (χ0n) is 8.29. The van der Waals surface area contributed by atoms with Crippen molar-refractivity contribution in [1.29, 1.82) is 0 Å². The number of H-pyrrole nitrogens is 1. The van der Waals surface area contributed by atoms with Crippen LogP contribution in [0.4, 0.5) is 0 Å². The van der Waals surface area contributed by atoms with Gasteiger partial charge in [0.2, 0.25) is 0 Å². The molecule has 0 saturated heterocycles. The maximum Gasteiger partial charge on any atom is 0.263 e. The molecule has 0 atom stereocenters. The molecule has 3 rings (SSSR count). The smallest absolute Gasteiger partial charge is 0.263 e. The summed E-state index contributed by atoms with van der Waals surface area (Å²) in [6.45, 7) is 0. The van der Waals surface area contributed by atoms with Crippen LogP contribution in [0.5, 0.6) is 0 Å². The molecule has 78 valence electrons. The van der Waals surface area contributed by atoms with E-state index < -0.39 is 0 Å². The summed E-state index contributed by atoms with van der Waals surface area (Å²) in [5.74, 6) is 0. The molecule has 0 bridgehead atoms. The van der Waals surface area contributed by atoms with Gasteiger partial charge in [-0.15, -0.1) is 11.3 Å². The van der Waals surface area contributed by atoms with Crippen LogP contribution in [0.25, 0.3) is 10.2 Å². The van der Waals surface area contributed by atoms with Crippen molar-refractivity contribution in [3.05, 3.63) is 25.6 Å².